The highest BCUT2D eigenvalue weighted by atomic mass is 16.5. The van der Waals surface area contributed by atoms with E-state index in [1.54, 1.807) is 31.4 Å². The van der Waals surface area contributed by atoms with Gasteiger partial charge < -0.3 is 19.6 Å². The van der Waals surface area contributed by atoms with Crippen LogP contribution in [0, 0.1) is 12.8 Å². The number of nitrogens with zero attached hydrogens (tertiary/aromatic N) is 1. The Labute approximate surface area is 140 Å². The predicted octanol–water partition coefficient (Wildman–Crippen LogP) is 2.17. The molecule has 1 fully saturated rings. The third kappa shape index (κ3) is 4.43. The van der Waals surface area contributed by atoms with Gasteiger partial charge in [-0.05, 0) is 49.9 Å². The molecule has 6 nitrogen and oxygen atoms in total. The van der Waals surface area contributed by atoms with E-state index in [0.29, 0.717) is 35.2 Å². The molecule has 1 amide bonds. The summed E-state index contributed by atoms with van der Waals surface area (Å²) in [7, 11) is 0. The largest absolute Gasteiger partial charge is 0.463 e. The molecule has 1 aliphatic carbocycles. The third-order valence-electron chi connectivity index (χ3n) is 3.96. The summed E-state index contributed by atoms with van der Waals surface area (Å²) in [6.07, 6.45) is 3.31. The van der Waals surface area contributed by atoms with Gasteiger partial charge in [0.2, 0.25) is 0 Å². The van der Waals surface area contributed by atoms with E-state index in [4.69, 9.17) is 9.15 Å². The number of hydrogen-bond donors (Lipinski definition) is 2. The second-order valence-corrected chi connectivity index (χ2v) is 6.15. The number of aliphatic hydroxyl groups excluding tert-OH is 1. The van der Waals surface area contributed by atoms with Gasteiger partial charge in [-0.2, -0.15) is 0 Å². The highest BCUT2D eigenvalue weighted by molar-refractivity contribution is 5.95. The Hall–Kier alpha value is -2.18. The van der Waals surface area contributed by atoms with Gasteiger partial charge >= 0.3 is 0 Å². The predicted molar refractivity (Wildman–Crippen MR) is 88.6 cm³/mol. The van der Waals surface area contributed by atoms with Gasteiger partial charge in [0, 0.05) is 13.2 Å². The molecule has 0 radical (unpaired) electrons. The first-order valence-electron chi connectivity index (χ1n) is 8.19. The highest BCUT2D eigenvalue weighted by Gasteiger charge is 2.21. The normalized spacial score (nSPS) is 15.2. The van der Waals surface area contributed by atoms with Gasteiger partial charge in [-0.1, -0.05) is 0 Å². The standard InChI is InChI=1S/C18H22N2O4/c1-12-15(6-7-16(20-12)17-3-2-8-24-17)18(22)19-9-14(21)11-23-10-13-4-5-13/h2-3,6-8,13-14,21H,4-5,9-11H2,1H3,(H,19,22). The summed E-state index contributed by atoms with van der Waals surface area (Å²) in [4.78, 5) is 16.6. The number of carbonyl (C=O) groups is 1. The van der Waals surface area contributed by atoms with Crippen molar-refractivity contribution in [3.05, 3.63) is 41.8 Å². The van der Waals surface area contributed by atoms with Gasteiger partial charge in [-0.25, -0.2) is 4.98 Å². The molecule has 1 aliphatic rings. The monoisotopic (exact) mass is 330 g/mol. The van der Waals surface area contributed by atoms with E-state index < -0.39 is 6.10 Å². The van der Waals surface area contributed by atoms with Crippen molar-refractivity contribution in [2.24, 2.45) is 5.92 Å². The maximum absolute atomic E-state index is 12.2. The van der Waals surface area contributed by atoms with E-state index in [-0.39, 0.29) is 19.1 Å². The van der Waals surface area contributed by atoms with Crippen LogP contribution in [0.1, 0.15) is 28.9 Å². The van der Waals surface area contributed by atoms with Crippen LogP contribution in [0.5, 0.6) is 0 Å². The molecule has 24 heavy (non-hydrogen) atoms. The lowest BCUT2D eigenvalue weighted by atomic mass is 10.1. The molecule has 3 rings (SSSR count). The minimum Gasteiger partial charge on any atom is -0.463 e. The van der Waals surface area contributed by atoms with Crippen molar-refractivity contribution in [1.29, 1.82) is 0 Å². The summed E-state index contributed by atoms with van der Waals surface area (Å²) in [5.41, 5.74) is 1.78. The number of nitrogens with one attached hydrogen (secondary N) is 1. The second-order valence-electron chi connectivity index (χ2n) is 6.15. The number of furan rings is 1. The quantitative estimate of drug-likeness (QED) is 0.775. The average Bonchev–Trinajstić information content (AvgIpc) is 3.23. The zero-order valence-electron chi connectivity index (χ0n) is 13.7. The maximum Gasteiger partial charge on any atom is 0.253 e. The third-order valence-corrected chi connectivity index (χ3v) is 3.96. The molecule has 6 heteroatoms. The van der Waals surface area contributed by atoms with E-state index in [1.807, 2.05) is 6.07 Å². The van der Waals surface area contributed by atoms with E-state index in [0.717, 1.165) is 0 Å². The van der Waals surface area contributed by atoms with Crippen LogP contribution in [0.15, 0.2) is 34.9 Å². The summed E-state index contributed by atoms with van der Waals surface area (Å²) in [6.45, 7) is 2.87. The first-order valence-corrected chi connectivity index (χ1v) is 8.19. The van der Waals surface area contributed by atoms with Crippen LogP contribution in [0.3, 0.4) is 0 Å². The van der Waals surface area contributed by atoms with Gasteiger partial charge in [0.1, 0.15) is 5.69 Å². The summed E-state index contributed by atoms with van der Waals surface area (Å²) >= 11 is 0. The fraction of sp³-hybridized carbons (Fsp3) is 0.444. The number of rotatable bonds is 8. The van der Waals surface area contributed by atoms with Crippen LogP contribution in [-0.2, 0) is 4.74 Å². The zero-order valence-corrected chi connectivity index (χ0v) is 13.7. The van der Waals surface area contributed by atoms with Crippen molar-refractivity contribution >= 4 is 5.91 Å². The number of aromatic nitrogens is 1. The van der Waals surface area contributed by atoms with Crippen molar-refractivity contribution in [2.75, 3.05) is 19.8 Å². The first-order chi connectivity index (χ1) is 11.6. The lowest BCUT2D eigenvalue weighted by Gasteiger charge is -2.13. The van der Waals surface area contributed by atoms with Gasteiger partial charge in [0.05, 0.1) is 30.2 Å². The second kappa shape index (κ2) is 7.59. The smallest absolute Gasteiger partial charge is 0.253 e. The fourth-order valence-corrected chi connectivity index (χ4v) is 2.38. The van der Waals surface area contributed by atoms with E-state index in [1.165, 1.54) is 12.8 Å². The van der Waals surface area contributed by atoms with Gasteiger partial charge in [-0.3, -0.25) is 4.79 Å². The van der Waals surface area contributed by atoms with E-state index in [9.17, 15) is 9.90 Å². The number of carbonyl (C=O) groups excluding carboxylic acids is 1. The Morgan fingerprint density at radius 3 is 2.96 bits per heavy atom. The Morgan fingerprint density at radius 1 is 1.46 bits per heavy atom. The molecule has 0 spiro atoms. The zero-order chi connectivity index (χ0) is 16.9. The Kier molecular flexibility index (Phi) is 5.27. The number of aliphatic hydroxyl groups is 1. The van der Waals surface area contributed by atoms with Crippen molar-refractivity contribution in [2.45, 2.75) is 25.9 Å². The molecule has 1 unspecified atom stereocenters. The summed E-state index contributed by atoms with van der Waals surface area (Å²) in [5.74, 6) is 1.06. The first kappa shape index (κ1) is 16.7. The van der Waals surface area contributed by atoms with Crippen molar-refractivity contribution < 1.29 is 19.1 Å². The van der Waals surface area contributed by atoms with Crippen LogP contribution in [0.4, 0.5) is 0 Å². The lowest BCUT2D eigenvalue weighted by Crippen LogP contribution is -2.35. The average molecular weight is 330 g/mol. The molecule has 0 saturated heterocycles. The number of aryl methyl sites for hydroxylation is 1. The van der Waals surface area contributed by atoms with E-state index in [2.05, 4.69) is 10.3 Å². The Balaban J connectivity index is 1.50. The lowest BCUT2D eigenvalue weighted by molar-refractivity contribution is 0.0320. The van der Waals surface area contributed by atoms with Crippen LogP contribution in [0.2, 0.25) is 0 Å². The molecule has 2 aromatic rings. The molecular weight excluding hydrogens is 308 g/mol. The molecule has 2 aromatic heterocycles. The number of ether oxygens (including phenoxy) is 1. The Morgan fingerprint density at radius 2 is 2.29 bits per heavy atom. The SMILES string of the molecule is Cc1nc(-c2ccco2)ccc1C(=O)NCC(O)COCC1CC1. The number of amides is 1. The topological polar surface area (TPSA) is 84.6 Å². The van der Waals surface area contributed by atoms with Gasteiger partial charge in [0.25, 0.3) is 5.91 Å². The molecule has 2 N–H and O–H groups in total. The minimum absolute atomic E-state index is 0.156. The maximum atomic E-state index is 12.2. The fourth-order valence-electron chi connectivity index (χ4n) is 2.38. The summed E-state index contributed by atoms with van der Waals surface area (Å²) in [6, 6.07) is 7.07. The van der Waals surface area contributed by atoms with Crippen molar-refractivity contribution in [3.8, 4) is 11.5 Å². The highest BCUT2D eigenvalue weighted by Crippen LogP contribution is 2.28. The number of hydrogen-bond acceptors (Lipinski definition) is 5. The van der Waals surface area contributed by atoms with Gasteiger partial charge in [-0.15, -0.1) is 0 Å². The molecule has 1 atom stereocenters. The minimum atomic E-state index is -0.705. The molecule has 1 saturated carbocycles. The molecule has 0 aromatic carbocycles. The van der Waals surface area contributed by atoms with Gasteiger partial charge in [0.15, 0.2) is 5.76 Å². The molecule has 2 heterocycles. The molecule has 0 bridgehead atoms. The van der Waals surface area contributed by atoms with Crippen LogP contribution < -0.4 is 5.32 Å². The summed E-state index contributed by atoms with van der Waals surface area (Å²) < 4.78 is 10.7. The van der Waals surface area contributed by atoms with Crippen molar-refractivity contribution in [3.63, 3.8) is 0 Å². The number of pyridine rings is 1. The van der Waals surface area contributed by atoms with Crippen LogP contribution in [-0.4, -0.2) is 41.9 Å². The molecule has 0 aliphatic heterocycles. The molecular formula is C18H22N2O4. The van der Waals surface area contributed by atoms with Crippen molar-refractivity contribution in [1.82, 2.24) is 10.3 Å². The molecule has 128 valence electrons. The summed E-state index contributed by atoms with van der Waals surface area (Å²) in [5, 5.41) is 12.6. The van der Waals surface area contributed by atoms with E-state index >= 15 is 0 Å². The van der Waals surface area contributed by atoms with Crippen LogP contribution in [0.25, 0.3) is 11.5 Å². The van der Waals surface area contributed by atoms with Crippen LogP contribution >= 0.6 is 0 Å². The Bertz CT molecular complexity index is 680.